The molecule has 5 heteroatoms. The van der Waals surface area contributed by atoms with Crippen LogP contribution in [0.4, 0.5) is 0 Å². The minimum Gasteiger partial charge on any atom is -0.481 e. The average Bonchev–Trinajstić information content (AvgIpc) is 2.45. The van der Waals surface area contributed by atoms with Crippen LogP contribution >= 0.6 is 11.6 Å². The molecule has 1 aromatic carbocycles. The van der Waals surface area contributed by atoms with Crippen LogP contribution < -0.4 is 10.1 Å². The van der Waals surface area contributed by atoms with Gasteiger partial charge in [0.05, 0.1) is 0 Å². The highest BCUT2D eigenvalue weighted by Gasteiger charge is 2.13. The fourth-order valence-electron chi connectivity index (χ4n) is 1.67. The Morgan fingerprint density at radius 1 is 1.35 bits per heavy atom. The summed E-state index contributed by atoms with van der Waals surface area (Å²) in [6, 6.07) is 6.90. The highest BCUT2D eigenvalue weighted by Crippen LogP contribution is 2.16. The number of benzene rings is 1. The third-order valence-corrected chi connectivity index (χ3v) is 3.23. The zero-order valence-corrected chi connectivity index (χ0v) is 12.7. The summed E-state index contributed by atoms with van der Waals surface area (Å²) in [7, 11) is 0. The Morgan fingerprint density at radius 3 is 2.60 bits per heavy atom. The molecule has 0 saturated heterocycles. The van der Waals surface area contributed by atoms with Crippen molar-refractivity contribution in [1.29, 1.82) is 0 Å². The summed E-state index contributed by atoms with van der Waals surface area (Å²) >= 11 is 5.78. The van der Waals surface area contributed by atoms with Gasteiger partial charge in [-0.25, -0.2) is 0 Å². The zero-order valence-electron chi connectivity index (χ0n) is 11.9. The minimum atomic E-state index is -0.550. The van der Waals surface area contributed by atoms with Crippen molar-refractivity contribution >= 4 is 17.5 Å². The molecule has 0 aliphatic carbocycles. The number of aliphatic hydroxyl groups is 1. The van der Waals surface area contributed by atoms with Gasteiger partial charge in [0.2, 0.25) is 0 Å². The number of carbonyl (C=O) groups excluding carboxylic acids is 1. The van der Waals surface area contributed by atoms with Crippen molar-refractivity contribution in [2.75, 3.05) is 13.2 Å². The standard InChI is InChI=1S/C15H22ClNO3/c1-11(10-18)4-3-9-17-15(19)12(2)20-14-7-5-13(16)6-8-14/h5-8,11-12,18H,3-4,9-10H2,1-2H3,(H,17,19). The van der Waals surface area contributed by atoms with E-state index in [-0.39, 0.29) is 18.4 Å². The van der Waals surface area contributed by atoms with E-state index in [1.807, 2.05) is 6.92 Å². The molecule has 0 saturated carbocycles. The number of halogens is 1. The maximum atomic E-state index is 11.8. The molecule has 4 nitrogen and oxygen atoms in total. The minimum absolute atomic E-state index is 0.142. The fraction of sp³-hybridized carbons (Fsp3) is 0.533. The molecule has 20 heavy (non-hydrogen) atoms. The lowest BCUT2D eigenvalue weighted by atomic mass is 10.1. The molecular formula is C15H22ClNO3. The van der Waals surface area contributed by atoms with E-state index in [0.717, 1.165) is 12.8 Å². The lowest BCUT2D eigenvalue weighted by Crippen LogP contribution is -2.36. The van der Waals surface area contributed by atoms with Crippen LogP contribution in [0.5, 0.6) is 5.75 Å². The van der Waals surface area contributed by atoms with E-state index < -0.39 is 6.10 Å². The van der Waals surface area contributed by atoms with E-state index in [0.29, 0.717) is 17.3 Å². The van der Waals surface area contributed by atoms with Gasteiger partial charge in [-0.05, 0) is 49.9 Å². The van der Waals surface area contributed by atoms with Crippen molar-refractivity contribution < 1.29 is 14.6 Å². The lowest BCUT2D eigenvalue weighted by molar-refractivity contribution is -0.127. The number of rotatable bonds is 8. The van der Waals surface area contributed by atoms with E-state index in [9.17, 15) is 4.79 Å². The number of ether oxygens (including phenoxy) is 1. The molecule has 0 fully saturated rings. The monoisotopic (exact) mass is 299 g/mol. The van der Waals surface area contributed by atoms with Crippen molar-refractivity contribution in [3.8, 4) is 5.75 Å². The predicted molar refractivity (Wildman–Crippen MR) is 80.0 cm³/mol. The third-order valence-electron chi connectivity index (χ3n) is 2.98. The van der Waals surface area contributed by atoms with Gasteiger partial charge in [-0.15, -0.1) is 0 Å². The maximum absolute atomic E-state index is 11.8. The second kappa shape index (κ2) is 8.82. The molecule has 2 N–H and O–H groups in total. The quantitative estimate of drug-likeness (QED) is 0.726. The van der Waals surface area contributed by atoms with Crippen LogP contribution in [0.15, 0.2) is 24.3 Å². The summed E-state index contributed by atoms with van der Waals surface area (Å²) in [5.41, 5.74) is 0. The summed E-state index contributed by atoms with van der Waals surface area (Å²) in [6.45, 7) is 4.47. The Morgan fingerprint density at radius 2 is 2.00 bits per heavy atom. The number of carbonyl (C=O) groups is 1. The molecule has 1 amide bonds. The van der Waals surface area contributed by atoms with Gasteiger partial charge in [-0.2, -0.15) is 0 Å². The molecule has 1 aromatic rings. The highest BCUT2D eigenvalue weighted by molar-refractivity contribution is 6.30. The van der Waals surface area contributed by atoms with Crippen molar-refractivity contribution in [2.24, 2.45) is 5.92 Å². The number of amides is 1. The predicted octanol–water partition coefficient (Wildman–Crippen LogP) is 2.63. The second-order valence-corrected chi connectivity index (χ2v) is 5.37. The largest absolute Gasteiger partial charge is 0.481 e. The van der Waals surface area contributed by atoms with Crippen molar-refractivity contribution in [3.05, 3.63) is 29.3 Å². The van der Waals surface area contributed by atoms with E-state index in [2.05, 4.69) is 5.32 Å². The molecular weight excluding hydrogens is 278 g/mol. The second-order valence-electron chi connectivity index (χ2n) is 4.94. The van der Waals surface area contributed by atoms with Gasteiger partial charge < -0.3 is 15.2 Å². The van der Waals surface area contributed by atoms with Gasteiger partial charge in [0.15, 0.2) is 6.10 Å². The summed E-state index contributed by atoms with van der Waals surface area (Å²) in [4.78, 5) is 11.8. The normalized spacial score (nSPS) is 13.6. The maximum Gasteiger partial charge on any atom is 0.260 e. The Kier molecular flexibility index (Phi) is 7.41. The van der Waals surface area contributed by atoms with Gasteiger partial charge in [0, 0.05) is 18.2 Å². The van der Waals surface area contributed by atoms with Crippen LogP contribution in [0.1, 0.15) is 26.7 Å². The molecule has 0 aliphatic heterocycles. The molecule has 1 rings (SSSR count). The lowest BCUT2D eigenvalue weighted by Gasteiger charge is -2.15. The Hall–Kier alpha value is -1.26. The first-order valence-electron chi connectivity index (χ1n) is 6.83. The van der Waals surface area contributed by atoms with Crippen LogP contribution in [0.25, 0.3) is 0 Å². The average molecular weight is 300 g/mol. The molecule has 2 unspecified atom stereocenters. The van der Waals surface area contributed by atoms with Crippen LogP contribution in [0, 0.1) is 5.92 Å². The number of nitrogens with one attached hydrogen (secondary N) is 1. The van der Waals surface area contributed by atoms with Gasteiger partial charge in [-0.1, -0.05) is 18.5 Å². The van der Waals surface area contributed by atoms with Gasteiger partial charge in [0.1, 0.15) is 5.75 Å². The van der Waals surface area contributed by atoms with Crippen molar-refractivity contribution in [3.63, 3.8) is 0 Å². The smallest absolute Gasteiger partial charge is 0.260 e. The van der Waals surface area contributed by atoms with Gasteiger partial charge in [-0.3, -0.25) is 4.79 Å². The van der Waals surface area contributed by atoms with Crippen LogP contribution in [-0.2, 0) is 4.79 Å². The van der Waals surface area contributed by atoms with Crippen LogP contribution in [0.3, 0.4) is 0 Å². The molecule has 0 bridgehead atoms. The molecule has 0 aliphatic rings. The third kappa shape index (κ3) is 6.26. The van der Waals surface area contributed by atoms with Gasteiger partial charge in [0.25, 0.3) is 5.91 Å². The van der Waals surface area contributed by atoms with Crippen LogP contribution in [0.2, 0.25) is 5.02 Å². The van der Waals surface area contributed by atoms with E-state index >= 15 is 0 Å². The van der Waals surface area contributed by atoms with E-state index in [4.69, 9.17) is 21.4 Å². The summed E-state index contributed by atoms with van der Waals surface area (Å²) in [6.07, 6.45) is 1.19. The first-order valence-corrected chi connectivity index (χ1v) is 7.21. The Labute approximate surface area is 125 Å². The molecule has 2 atom stereocenters. The fourth-order valence-corrected chi connectivity index (χ4v) is 1.79. The first kappa shape index (κ1) is 16.8. The van der Waals surface area contributed by atoms with Gasteiger partial charge >= 0.3 is 0 Å². The molecule has 0 heterocycles. The summed E-state index contributed by atoms with van der Waals surface area (Å²) in [5, 5.41) is 12.4. The molecule has 0 spiro atoms. The molecule has 0 radical (unpaired) electrons. The summed E-state index contributed by atoms with van der Waals surface area (Å²) in [5.74, 6) is 0.747. The van der Waals surface area contributed by atoms with E-state index in [1.165, 1.54) is 0 Å². The number of hydrogen-bond donors (Lipinski definition) is 2. The Bertz CT molecular complexity index is 408. The SMILES string of the molecule is CC(CO)CCCNC(=O)C(C)Oc1ccc(Cl)cc1. The number of hydrogen-bond acceptors (Lipinski definition) is 3. The number of aliphatic hydroxyl groups excluding tert-OH is 1. The van der Waals surface area contributed by atoms with E-state index in [1.54, 1.807) is 31.2 Å². The molecule has 112 valence electrons. The highest BCUT2D eigenvalue weighted by atomic mass is 35.5. The molecule has 0 aromatic heterocycles. The topological polar surface area (TPSA) is 58.6 Å². The van der Waals surface area contributed by atoms with Crippen LogP contribution in [-0.4, -0.2) is 30.3 Å². The Balaban J connectivity index is 2.27. The summed E-state index contributed by atoms with van der Waals surface area (Å²) < 4.78 is 5.52. The van der Waals surface area contributed by atoms with Crippen molar-refractivity contribution in [2.45, 2.75) is 32.8 Å². The van der Waals surface area contributed by atoms with Crippen molar-refractivity contribution in [1.82, 2.24) is 5.32 Å². The zero-order chi connectivity index (χ0) is 15.0. The first-order chi connectivity index (χ1) is 9.52.